The van der Waals surface area contributed by atoms with Crippen LogP contribution in [0.5, 0.6) is 0 Å². The van der Waals surface area contributed by atoms with Crippen molar-refractivity contribution in [1.29, 1.82) is 0 Å². The lowest BCUT2D eigenvalue weighted by atomic mass is 9.71. The first-order valence-corrected chi connectivity index (χ1v) is 10.1. The van der Waals surface area contributed by atoms with E-state index in [0.717, 1.165) is 24.9 Å². The molecule has 1 aromatic carbocycles. The van der Waals surface area contributed by atoms with E-state index in [1.165, 1.54) is 11.8 Å². The first kappa shape index (κ1) is 22.7. The number of alkyl carbamates (subject to hydrolysis) is 1. The van der Waals surface area contributed by atoms with E-state index in [1.54, 1.807) is 31.3 Å². The molecule has 0 saturated heterocycles. The van der Waals surface area contributed by atoms with Gasteiger partial charge in [0.25, 0.3) is 0 Å². The third-order valence-corrected chi connectivity index (χ3v) is 5.40. The molecular formula is C22H33N3O4. The standard InChI is InChI=1S/C22H33N3O4/c1-15(26)25(6)17-12-10-16(11-13-17)23-19(27)22(5)14-8-7-9-18(22)24-20(28)29-21(2,3)4/h10-13,18H,7-9,14H2,1-6H3,(H,23,27)(H,24,28). The Morgan fingerprint density at radius 2 is 1.76 bits per heavy atom. The van der Waals surface area contributed by atoms with Gasteiger partial charge in [-0.05, 0) is 64.8 Å². The number of rotatable bonds is 4. The molecule has 0 aromatic heterocycles. The summed E-state index contributed by atoms with van der Waals surface area (Å²) in [6, 6.07) is 6.83. The zero-order chi connectivity index (χ0) is 21.8. The van der Waals surface area contributed by atoms with Crippen molar-refractivity contribution in [2.24, 2.45) is 5.41 Å². The van der Waals surface area contributed by atoms with Crippen molar-refractivity contribution in [3.05, 3.63) is 24.3 Å². The average molecular weight is 404 g/mol. The summed E-state index contributed by atoms with van der Waals surface area (Å²) in [5.41, 5.74) is 0.0817. The second kappa shape index (κ2) is 8.84. The highest BCUT2D eigenvalue weighted by molar-refractivity contribution is 5.96. The van der Waals surface area contributed by atoms with Crippen LogP contribution < -0.4 is 15.5 Å². The SMILES string of the molecule is CC(=O)N(C)c1ccc(NC(=O)C2(C)CCCCC2NC(=O)OC(C)(C)C)cc1. The Morgan fingerprint density at radius 1 is 1.14 bits per heavy atom. The van der Waals surface area contributed by atoms with Gasteiger partial charge >= 0.3 is 6.09 Å². The van der Waals surface area contributed by atoms with E-state index in [9.17, 15) is 14.4 Å². The number of benzene rings is 1. The van der Waals surface area contributed by atoms with Crippen molar-refractivity contribution >= 4 is 29.3 Å². The van der Waals surface area contributed by atoms with Crippen molar-refractivity contribution in [3.63, 3.8) is 0 Å². The monoisotopic (exact) mass is 403 g/mol. The highest BCUT2D eigenvalue weighted by atomic mass is 16.6. The minimum atomic E-state index is -0.732. The van der Waals surface area contributed by atoms with E-state index in [0.29, 0.717) is 12.1 Å². The lowest BCUT2D eigenvalue weighted by Crippen LogP contribution is -2.54. The number of ether oxygens (including phenoxy) is 1. The van der Waals surface area contributed by atoms with Crippen molar-refractivity contribution in [2.75, 3.05) is 17.3 Å². The second-order valence-electron chi connectivity index (χ2n) is 8.94. The predicted molar refractivity (Wildman–Crippen MR) is 114 cm³/mol. The van der Waals surface area contributed by atoms with Crippen LogP contribution in [0.25, 0.3) is 0 Å². The molecule has 3 amide bonds. The molecule has 2 rings (SSSR count). The molecule has 0 aliphatic heterocycles. The van der Waals surface area contributed by atoms with Crippen molar-refractivity contribution < 1.29 is 19.1 Å². The molecule has 1 aromatic rings. The summed E-state index contributed by atoms with van der Waals surface area (Å²) in [7, 11) is 1.70. The minimum absolute atomic E-state index is 0.0624. The third-order valence-electron chi connectivity index (χ3n) is 5.40. The Labute approximate surface area is 173 Å². The van der Waals surface area contributed by atoms with Crippen LogP contribution in [0, 0.1) is 5.41 Å². The molecule has 0 bridgehead atoms. The normalized spacial score (nSPS) is 21.8. The number of anilines is 2. The van der Waals surface area contributed by atoms with Crippen molar-refractivity contribution in [1.82, 2.24) is 5.32 Å². The summed E-state index contributed by atoms with van der Waals surface area (Å²) in [4.78, 5) is 38.4. The Kier molecular flexibility index (Phi) is 6.93. The number of carbonyl (C=O) groups excluding carboxylic acids is 3. The van der Waals surface area contributed by atoms with Gasteiger partial charge in [0.15, 0.2) is 0 Å². The van der Waals surface area contributed by atoms with Crippen LogP contribution in [0.4, 0.5) is 16.2 Å². The number of hydrogen-bond donors (Lipinski definition) is 2. The molecular weight excluding hydrogens is 370 g/mol. The molecule has 0 spiro atoms. The van der Waals surface area contributed by atoms with Gasteiger partial charge in [0, 0.05) is 31.4 Å². The number of hydrogen-bond acceptors (Lipinski definition) is 4. The van der Waals surface area contributed by atoms with Crippen LogP contribution >= 0.6 is 0 Å². The fourth-order valence-electron chi connectivity index (χ4n) is 3.51. The smallest absolute Gasteiger partial charge is 0.407 e. The molecule has 2 unspecified atom stereocenters. The maximum atomic E-state index is 13.1. The van der Waals surface area contributed by atoms with Crippen LogP contribution in [0.15, 0.2) is 24.3 Å². The number of nitrogens with one attached hydrogen (secondary N) is 2. The van der Waals surface area contributed by atoms with E-state index in [-0.39, 0.29) is 17.9 Å². The fraction of sp³-hybridized carbons (Fsp3) is 0.591. The maximum Gasteiger partial charge on any atom is 0.407 e. The summed E-state index contributed by atoms with van der Waals surface area (Å²) >= 11 is 0. The lowest BCUT2D eigenvalue weighted by molar-refractivity contribution is -0.127. The molecule has 1 fully saturated rings. The molecule has 2 atom stereocenters. The Balaban J connectivity index is 2.09. The summed E-state index contributed by atoms with van der Waals surface area (Å²) in [6.07, 6.45) is 2.80. The van der Waals surface area contributed by atoms with Gasteiger partial charge in [0.2, 0.25) is 11.8 Å². The summed E-state index contributed by atoms with van der Waals surface area (Å²) in [5, 5.41) is 5.87. The van der Waals surface area contributed by atoms with E-state index in [1.807, 2.05) is 27.7 Å². The van der Waals surface area contributed by atoms with Crippen LogP contribution in [0.2, 0.25) is 0 Å². The molecule has 160 valence electrons. The van der Waals surface area contributed by atoms with Gasteiger partial charge in [-0.25, -0.2) is 4.79 Å². The van der Waals surface area contributed by atoms with Crippen LogP contribution in [-0.4, -0.2) is 36.6 Å². The van der Waals surface area contributed by atoms with E-state index >= 15 is 0 Å². The predicted octanol–water partition coefficient (Wildman–Crippen LogP) is 4.08. The zero-order valence-electron chi connectivity index (χ0n) is 18.3. The fourth-order valence-corrected chi connectivity index (χ4v) is 3.51. The van der Waals surface area contributed by atoms with E-state index < -0.39 is 17.1 Å². The highest BCUT2D eigenvalue weighted by Gasteiger charge is 2.44. The summed E-state index contributed by atoms with van der Waals surface area (Å²) in [5.74, 6) is -0.196. The molecule has 2 N–H and O–H groups in total. The number of carbonyl (C=O) groups is 3. The largest absolute Gasteiger partial charge is 0.444 e. The Bertz CT molecular complexity index is 754. The van der Waals surface area contributed by atoms with Gasteiger partial charge in [-0.1, -0.05) is 12.8 Å². The topological polar surface area (TPSA) is 87.7 Å². The Morgan fingerprint density at radius 3 is 2.31 bits per heavy atom. The molecule has 1 aliphatic carbocycles. The lowest BCUT2D eigenvalue weighted by Gasteiger charge is -2.40. The average Bonchev–Trinajstić information content (AvgIpc) is 2.62. The van der Waals surface area contributed by atoms with Gasteiger partial charge < -0.3 is 20.3 Å². The number of amides is 3. The van der Waals surface area contributed by atoms with E-state index in [2.05, 4.69) is 10.6 Å². The summed E-state index contributed by atoms with van der Waals surface area (Å²) in [6.45, 7) is 8.82. The first-order valence-electron chi connectivity index (χ1n) is 10.1. The van der Waals surface area contributed by atoms with Crippen LogP contribution in [0.3, 0.4) is 0 Å². The molecule has 0 radical (unpaired) electrons. The van der Waals surface area contributed by atoms with Crippen LogP contribution in [-0.2, 0) is 14.3 Å². The van der Waals surface area contributed by atoms with Gasteiger partial charge in [-0.15, -0.1) is 0 Å². The molecule has 29 heavy (non-hydrogen) atoms. The molecule has 7 nitrogen and oxygen atoms in total. The molecule has 7 heteroatoms. The van der Waals surface area contributed by atoms with Crippen molar-refractivity contribution in [3.8, 4) is 0 Å². The maximum absolute atomic E-state index is 13.1. The summed E-state index contributed by atoms with van der Waals surface area (Å²) < 4.78 is 5.37. The van der Waals surface area contributed by atoms with Gasteiger partial charge in [-0.2, -0.15) is 0 Å². The quantitative estimate of drug-likeness (QED) is 0.793. The zero-order valence-corrected chi connectivity index (χ0v) is 18.3. The molecule has 1 saturated carbocycles. The molecule has 1 aliphatic rings. The van der Waals surface area contributed by atoms with Crippen molar-refractivity contribution in [2.45, 2.75) is 71.9 Å². The van der Waals surface area contributed by atoms with Gasteiger partial charge in [0.05, 0.1) is 5.41 Å². The Hall–Kier alpha value is -2.57. The number of nitrogens with zero attached hydrogens (tertiary/aromatic N) is 1. The van der Waals surface area contributed by atoms with E-state index in [4.69, 9.17) is 4.74 Å². The van der Waals surface area contributed by atoms with Gasteiger partial charge in [0.1, 0.15) is 5.60 Å². The highest BCUT2D eigenvalue weighted by Crippen LogP contribution is 2.37. The first-order chi connectivity index (χ1) is 13.4. The second-order valence-corrected chi connectivity index (χ2v) is 8.94. The van der Waals surface area contributed by atoms with Gasteiger partial charge in [-0.3, -0.25) is 9.59 Å². The molecule has 0 heterocycles. The minimum Gasteiger partial charge on any atom is -0.444 e. The van der Waals surface area contributed by atoms with Crippen LogP contribution in [0.1, 0.15) is 60.3 Å². The third kappa shape index (κ3) is 5.95.